The molecule has 0 saturated carbocycles. The van der Waals surface area contributed by atoms with Crippen molar-refractivity contribution in [2.45, 2.75) is 38.6 Å². The molecule has 3 fully saturated rings. The maximum Gasteiger partial charge on any atom is 0.317 e. The zero-order chi connectivity index (χ0) is 20.9. The standard InChI is InChI=1S/C20H34N4O5/c1-3-29-17(25)4-7-21-19(27)24-8-5-20(6-9-24)14-16(22(2)15-20)18(26)23-10-12-28-13-11-23/h16H,3-15H2,1-2H3,(H,21,27). The highest BCUT2D eigenvalue weighted by Gasteiger charge is 2.48. The molecule has 29 heavy (non-hydrogen) atoms. The summed E-state index contributed by atoms with van der Waals surface area (Å²) in [7, 11) is 2.03. The molecule has 3 aliphatic heterocycles. The normalized spacial score (nSPS) is 24.6. The van der Waals surface area contributed by atoms with Crippen molar-refractivity contribution in [1.82, 2.24) is 20.0 Å². The van der Waals surface area contributed by atoms with Gasteiger partial charge in [0, 0.05) is 39.3 Å². The number of urea groups is 1. The molecular weight excluding hydrogens is 376 g/mol. The Morgan fingerprint density at radius 3 is 2.45 bits per heavy atom. The summed E-state index contributed by atoms with van der Waals surface area (Å²) in [4.78, 5) is 42.6. The third-order valence-electron chi connectivity index (χ3n) is 6.37. The van der Waals surface area contributed by atoms with Gasteiger partial charge < -0.3 is 24.6 Å². The summed E-state index contributed by atoms with van der Waals surface area (Å²) in [6, 6.07) is -0.200. The molecule has 0 aromatic heterocycles. The number of ether oxygens (including phenoxy) is 2. The first-order valence-electron chi connectivity index (χ1n) is 10.7. The summed E-state index contributed by atoms with van der Waals surface area (Å²) in [5.74, 6) is -0.0813. The highest BCUT2D eigenvalue weighted by Crippen LogP contribution is 2.43. The third-order valence-corrected chi connectivity index (χ3v) is 6.37. The topological polar surface area (TPSA) is 91.4 Å². The lowest BCUT2D eigenvalue weighted by molar-refractivity contribution is -0.143. The molecule has 0 aromatic rings. The van der Waals surface area contributed by atoms with Crippen LogP contribution < -0.4 is 5.32 Å². The van der Waals surface area contributed by atoms with Crippen LogP contribution >= 0.6 is 0 Å². The number of nitrogens with one attached hydrogen (secondary N) is 1. The van der Waals surface area contributed by atoms with E-state index in [2.05, 4.69) is 10.2 Å². The molecule has 3 rings (SSSR count). The fraction of sp³-hybridized carbons (Fsp3) is 0.850. The van der Waals surface area contributed by atoms with Gasteiger partial charge in [-0.25, -0.2) is 4.79 Å². The Labute approximate surface area is 172 Å². The minimum absolute atomic E-state index is 0.0712. The lowest BCUT2D eigenvalue weighted by Gasteiger charge is -2.39. The van der Waals surface area contributed by atoms with Crippen LogP contribution in [0.3, 0.4) is 0 Å². The summed E-state index contributed by atoms with van der Waals surface area (Å²) in [5.41, 5.74) is 0.100. The summed E-state index contributed by atoms with van der Waals surface area (Å²) in [6.45, 7) is 7.25. The quantitative estimate of drug-likeness (QED) is 0.656. The van der Waals surface area contributed by atoms with Gasteiger partial charge in [-0.05, 0) is 38.6 Å². The van der Waals surface area contributed by atoms with Crippen LogP contribution in [0, 0.1) is 5.41 Å². The van der Waals surface area contributed by atoms with E-state index in [-0.39, 0.29) is 42.3 Å². The molecule has 9 heteroatoms. The number of morpholine rings is 1. The highest BCUT2D eigenvalue weighted by atomic mass is 16.5. The van der Waals surface area contributed by atoms with Crippen molar-refractivity contribution in [2.24, 2.45) is 5.41 Å². The van der Waals surface area contributed by atoms with Gasteiger partial charge in [0.15, 0.2) is 0 Å². The largest absolute Gasteiger partial charge is 0.466 e. The second kappa shape index (κ2) is 9.75. The molecule has 0 aliphatic carbocycles. The summed E-state index contributed by atoms with van der Waals surface area (Å²) in [6.07, 6.45) is 2.84. The van der Waals surface area contributed by atoms with E-state index in [0.29, 0.717) is 46.0 Å². The zero-order valence-corrected chi connectivity index (χ0v) is 17.7. The number of piperidine rings is 1. The SMILES string of the molecule is CCOC(=O)CCNC(=O)N1CCC2(CC1)CC(C(=O)N1CCOCC1)N(C)C2. The average Bonchev–Trinajstić information content (AvgIpc) is 3.04. The van der Waals surface area contributed by atoms with Gasteiger partial charge in [0.05, 0.1) is 32.3 Å². The zero-order valence-electron chi connectivity index (χ0n) is 17.7. The maximum atomic E-state index is 12.9. The Morgan fingerprint density at radius 2 is 1.79 bits per heavy atom. The first kappa shape index (κ1) is 21.8. The molecular formula is C20H34N4O5. The second-order valence-electron chi connectivity index (χ2n) is 8.35. The molecule has 1 atom stereocenters. The molecule has 0 aromatic carbocycles. The van der Waals surface area contributed by atoms with Crippen LogP contribution in [0.25, 0.3) is 0 Å². The maximum absolute atomic E-state index is 12.9. The molecule has 1 unspecified atom stereocenters. The average molecular weight is 411 g/mol. The van der Waals surface area contributed by atoms with Gasteiger partial charge in [-0.15, -0.1) is 0 Å². The Morgan fingerprint density at radius 1 is 1.10 bits per heavy atom. The summed E-state index contributed by atoms with van der Waals surface area (Å²) < 4.78 is 10.2. The van der Waals surface area contributed by atoms with Crippen molar-refractivity contribution in [1.29, 1.82) is 0 Å². The minimum Gasteiger partial charge on any atom is -0.466 e. The smallest absolute Gasteiger partial charge is 0.317 e. The van der Waals surface area contributed by atoms with Crippen LogP contribution in [-0.4, -0.2) is 105 Å². The van der Waals surface area contributed by atoms with Crippen molar-refractivity contribution in [3.8, 4) is 0 Å². The molecule has 0 bridgehead atoms. The fourth-order valence-corrected chi connectivity index (χ4v) is 4.70. The Hall–Kier alpha value is -1.87. The number of carbonyl (C=O) groups is 3. The van der Waals surface area contributed by atoms with Gasteiger partial charge in [0.25, 0.3) is 0 Å². The first-order chi connectivity index (χ1) is 13.9. The molecule has 9 nitrogen and oxygen atoms in total. The van der Waals surface area contributed by atoms with Crippen molar-refractivity contribution in [3.63, 3.8) is 0 Å². The summed E-state index contributed by atoms with van der Waals surface area (Å²) >= 11 is 0. The van der Waals surface area contributed by atoms with E-state index < -0.39 is 0 Å². The number of likely N-dealkylation sites (N-methyl/N-ethyl adjacent to an activating group) is 1. The monoisotopic (exact) mass is 410 g/mol. The minimum atomic E-state index is -0.296. The van der Waals surface area contributed by atoms with E-state index in [1.807, 2.05) is 16.8 Å². The van der Waals surface area contributed by atoms with Crippen molar-refractivity contribution in [2.75, 3.05) is 66.1 Å². The van der Waals surface area contributed by atoms with E-state index in [9.17, 15) is 14.4 Å². The molecule has 3 saturated heterocycles. The number of rotatable bonds is 5. The van der Waals surface area contributed by atoms with Gasteiger partial charge in [0.2, 0.25) is 5.91 Å². The Bertz CT molecular complexity index is 600. The number of hydrogen-bond acceptors (Lipinski definition) is 6. The van der Waals surface area contributed by atoms with Gasteiger partial charge in [-0.3, -0.25) is 14.5 Å². The molecule has 0 radical (unpaired) electrons. The van der Waals surface area contributed by atoms with E-state index in [0.717, 1.165) is 25.8 Å². The number of hydrogen-bond donors (Lipinski definition) is 1. The van der Waals surface area contributed by atoms with Crippen molar-refractivity contribution >= 4 is 17.9 Å². The van der Waals surface area contributed by atoms with Crippen molar-refractivity contribution < 1.29 is 23.9 Å². The second-order valence-corrected chi connectivity index (χ2v) is 8.35. The molecule has 3 aliphatic rings. The fourth-order valence-electron chi connectivity index (χ4n) is 4.70. The first-order valence-corrected chi connectivity index (χ1v) is 10.7. The molecule has 1 N–H and O–H groups in total. The van der Waals surface area contributed by atoms with E-state index in [4.69, 9.17) is 9.47 Å². The molecule has 164 valence electrons. The Kier molecular flexibility index (Phi) is 7.34. The van der Waals surface area contributed by atoms with Gasteiger partial charge in [-0.1, -0.05) is 0 Å². The molecule has 1 spiro atoms. The van der Waals surface area contributed by atoms with E-state index in [1.54, 1.807) is 6.92 Å². The van der Waals surface area contributed by atoms with Crippen molar-refractivity contribution in [3.05, 3.63) is 0 Å². The van der Waals surface area contributed by atoms with Gasteiger partial charge >= 0.3 is 12.0 Å². The predicted molar refractivity (Wildman–Crippen MR) is 106 cm³/mol. The molecule has 3 amide bonds. The van der Waals surface area contributed by atoms with E-state index in [1.165, 1.54) is 0 Å². The number of likely N-dealkylation sites (tertiary alicyclic amines) is 2. The lowest BCUT2D eigenvalue weighted by atomic mass is 9.76. The number of amides is 3. The summed E-state index contributed by atoms with van der Waals surface area (Å²) in [5, 5.41) is 2.80. The van der Waals surface area contributed by atoms with Crippen LogP contribution in [0.4, 0.5) is 4.79 Å². The number of carbonyl (C=O) groups excluding carboxylic acids is 3. The Balaban J connectivity index is 1.45. The van der Waals surface area contributed by atoms with E-state index >= 15 is 0 Å². The van der Waals surface area contributed by atoms with Crippen LogP contribution in [0.1, 0.15) is 32.6 Å². The predicted octanol–water partition coefficient (Wildman–Crippen LogP) is 0.294. The third kappa shape index (κ3) is 5.39. The van der Waals surface area contributed by atoms with Crippen LogP contribution in [0.15, 0.2) is 0 Å². The van der Waals surface area contributed by atoms with Crippen LogP contribution in [-0.2, 0) is 19.1 Å². The number of nitrogens with zero attached hydrogens (tertiary/aromatic N) is 3. The van der Waals surface area contributed by atoms with Crippen LogP contribution in [0.5, 0.6) is 0 Å². The number of esters is 1. The van der Waals surface area contributed by atoms with Gasteiger partial charge in [-0.2, -0.15) is 0 Å². The molecule has 3 heterocycles. The lowest BCUT2D eigenvalue weighted by Crippen LogP contribution is -2.49. The van der Waals surface area contributed by atoms with Gasteiger partial charge in [0.1, 0.15) is 0 Å². The highest BCUT2D eigenvalue weighted by molar-refractivity contribution is 5.82. The van der Waals surface area contributed by atoms with Crippen LogP contribution in [0.2, 0.25) is 0 Å².